The fraction of sp³-hybridized carbons (Fsp3) is 0. The van der Waals surface area contributed by atoms with E-state index in [0.29, 0.717) is 22.2 Å². The number of hydrogen-bond donors (Lipinski definition) is 0. The fourth-order valence-corrected chi connectivity index (χ4v) is 7.56. The van der Waals surface area contributed by atoms with Crippen molar-refractivity contribution in [1.82, 2.24) is 0 Å². The van der Waals surface area contributed by atoms with E-state index >= 15 is 0 Å². The predicted molar refractivity (Wildman–Crippen MR) is 235 cm³/mol. The van der Waals surface area contributed by atoms with Crippen LogP contribution >= 0.6 is 0 Å². The van der Waals surface area contributed by atoms with Crippen molar-refractivity contribution < 1.29 is 11.0 Å². The lowest BCUT2D eigenvalue weighted by Crippen LogP contribution is -2.10. The van der Waals surface area contributed by atoms with Crippen LogP contribution in [0.2, 0.25) is 0 Å². The minimum absolute atomic E-state index is 0.0986. The lowest BCUT2D eigenvalue weighted by atomic mass is 9.91. The third kappa shape index (κ3) is 6.02. The summed E-state index contributed by atoms with van der Waals surface area (Å²) in [6.45, 7) is 0. The van der Waals surface area contributed by atoms with Crippen molar-refractivity contribution >= 4 is 49.4 Å². The van der Waals surface area contributed by atoms with E-state index in [1.807, 2.05) is 164 Å². The molecule has 0 atom stereocenters. The molecule has 1 heteroatoms. The van der Waals surface area contributed by atoms with Gasteiger partial charge in [0.25, 0.3) is 0 Å². The summed E-state index contributed by atoms with van der Waals surface area (Å²) in [6.07, 6.45) is 0. The number of rotatable bonds is 7. The highest BCUT2D eigenvalue weighted by Crippen LogP contribution is 2.42. The Morgan fingerprint density at radius 3 is 1.51 bits per heavy atom. The quantitative estimate of drug-likeness (QED) is 0.149. The molecule has 0 aliphatic rings. The molecule has 0 aliphatic heterocycles. The third-order valence-corrected chi connectivity index (χ3v) is 10.2. The van der Waals surface area contributed by atoms with E-state index in [1.165, 1.54) is 4.90 Å². The maximum absolute atomic E-state index is 9.70. The molecule has 0 aromatic heterocycles. The zero-order valence-corrected chi connectivity index (χ0v) is 29.7. The van der Waals surface area contributed by atoms with Crippen LogP contribution in [-0.4, -0.2) is 0 Å². The minimum atomic E-state index is -0.395. The van der Waals surface area contributed by atoms with E-state index in [-0.39, 0.29) is 58.8 Å². The summed E-state index contributed by atoms with van der Waals surface area (Å²) in [6, 6.07) is 53.1. The van der Waals surface area contributed by atoms with Crippen LogP contribution in [0.15, 0.2) is 224 Å². The number of benzene rings is 10. The molecule has 0 heterocycles. The summed E-state index contributed by atoms with van der Waals surface area (Å²) >= 11 is 0. The molecule has 0 spiro atoms. The van der Waals surface area contributed by atoms with Crippen LogP contribution in [0.5, 0.6) is 0 Å². The van der Waals surface area contributed by atoms with Crippen LogP contribution in [0.25, 0.3) is 76.8 Å². The fourth-order valence-electron chi connectivity index (χ4n) is 7.56. The Morgan fingerprint density at radius 2 is 0.818 bits per heavy atom. The van der Waals surface area contributed by atoms with Crippen LogP contribution in [0.4, 0.5) is 17.1 Å². The van der Waals surface area contributed by atoms with E-state index < -0.39 is 12.1 Å². The summed E-state index contributed by atoms with van der Waals surface area (Å²) in [5, 5.41) is 5.04. The maximum atomic E-state index is 9.70. The van der Waals surface area contributed by atoms with Gasteiger partial charge in [0.2, 0.25) is 0 Å². The van der Waals surface area contributed by atoms with Crippen molar-refractivity contribution in [2.45, 2.75) is 0 Å². The van der Waals surface area contributed by atoms with E-state index in [2.05, 4.69) is 0 Å². The Labute approximate surface area is 333 Å². The van der Waals surface area contributed by atoms with Crippen molar-refractivity contribution in [2.24, 2.45) is 0 Å². The molecule has 10 aromatic rings. The van der Waals surface area contributed by atoms with E-state index in [9.17, 15) is 11.0 Å². The lowest BCUT2D eigenvalue weighted by Gasteiger charge is -2.27. The normalized spacial score (nSPS) is 13.3. The number of nitrogens with zero attached hydrogens (tertiary/aromatic N) is 1. The van der Waals surface area contributed by atoms with Crippen LogP contribution < -0.4 is 4.90 Å². The first-order valence-electron chi connectivity index (χ1n) is 22.3. The smallest absolute Gasteiger partial charge is 0.0645 e. The SMILES string of the molecule is [2H]c1c([2H])c(N(c2c([2H])c([2H])c(-c3cc4ccccc4c4ccccc34)c([2H])c2[2H])c2cccc3ccccc23)c([2H])c([2H])c1-c1ccc(-c2ccccc2)c(-c2ccccc2)c1. The molecular formula is C54H37N. The lowest BCUT2D eigenvalue weighted by molar-refractivity contribution is 1.30. The van der Waals surface area contributed by atoms with Crippen LogP contribution in [-0.2, 0) is 0 Å². The van der Waals surface area contributed by atoms with Gasteiger partial charge >= 0.3 is 0 Å². The molecule has 0 radical (unpaired) electrons. The Bertz CT molecular complexity index is 3380. The van der Waals surface area contributed by atoms with Gasteiger partial charge in [-0.15, -0.1) is 0 Å². The largest absolute Gasteiger partial charge is 0.310 e. The molecule has 10 rings (SSSR count). The van der Waals surface area contributed by atoms with Crippen molar-refractivity contribution in [3.63, 3.8) is 0 Å². The summed E-state index contributed by atoms with van der Waals surface area (Å²) in [7, 11) is 0. The summed E-state index contributed by atoms with van der Waals surface area (Å²) in [4.78, 5) is 1.39. The Morgan fingerprint density at radius 1 is 0.291 bits per heavy atom. The average Bonchev–Trinajstić information content (AvgIpc) is 3.33. The van der Waals surface area contributed by atoms with E-state index in [0.717, 1.165) is 49.2 Å². The first kappa shape index (κ1) is 24.9. The number of anilines is 3. The highest BCUT2D eigenvalue weighted by molar-refractivity contribution is 6.13. The summed E-state index contributed by atoms with van der Waals surface area (Å²) in [5.41, 5.74) is 4.98. The molecule has 258 valence electrons. The Kier molecular flexibility index (Phi) is 6.33. The van der Waals surface area contributed by atoms with E-state index in [1.54, 1.807) is 12.1 Å². The van der Waals surface area contributed by atoms with Crippen molar-refractivity contribution in [3.8, 4) is 44.5 Å². The van der Waals surface area contributed by atoms with Gasteiger partial charge in [-0.25, -0.2) is 0 Å². The zero-order valence-electron chi connectivity index (χ0n) is 37.7. The molecule has 0 unspecified atom stereocenters. The van der Waals surface area contributed by atoms with Crippen LogP contribution in [0.3, 0.4) is 0 Å². The summed E-state index contributed by atoms with van der Waals surface area (Å²) < 4.78 is 77.2. The van der Waals surface area contributed by atoms with Gasteiger partial charge in [-0.05, 0) is 114 Å². The van der Waals surface area contributed by atoms with E-state index in [4.69, 9.17) is 0 Å². The molecule has 0 bridgehead atoms. The van der Waals surface area contributed by atoms with Crippen molar-refractivity contribution in [2.75, 3.05) is 4.90 Å². The second-order valence-corrected chi connectivity index (χ2v) is 13.5. The van der Waals surface area contributed by atoms with Crippen LogP contribution in [0.1, 0.15) is 11.0 Å². The van der Waals surface area contributed by atoms with Gasteiger partial charge in [-0.2, -0.15) is 0 Å². The van der Waals surface area contributed by atoms with Gasteiger partial charge in [0, 0.05) is 16.8 Å². The first-order chi connectivity index (χ1) is 30.6. The molecular weight excluding hydrogens is 663 g/mol. The minimum Gasteiger partial charge on any atom is -0.310 e. The third-order valence-electron chi connectivity index (χ3n) is 10.2. The van der Waals surface area contributed by atoms with Gasteiger partial charge in [-0.3, -0.25) is 0 Å². The standard InChI is InChI=1S/C54H37N/c1-3-14-39(15-4-1)48-35-30-43(36-52(48)41-16-5-2-6-17-41)38-26-31-45(32-27-38)55(54-25-13-20-40-18-7-10-22-49(40)54)46-33-28-42(29-34-46)53-37-44-19-8-9-21-47(44)50-23-11-12-24-51(50)53/h1-37H/i26D,27D,28D,29D,31D,32D,33D,34D. The highest BCUT2D eigenvalue weighted by atomic mass is 15.1. The molecule has 10 aromatic carbocycles. The predicted octanol–water partition coefficient (Wildman–Crippen LogP) is 15.3. The first-order valence-corrected chi connectivity index (χ1v) is 18.3. The topological polar surface area (TPSA) is 3.24 Å². The molecule has 0 saturated carbocycles. The van der Waals surface area contributed by atoms with Gasteiger partial charge < -0.3 is 4.90 Å². The zero-order chi connectivity index (χ0) is 43.5. The Hall–Kier alpha value is -7.22. The van der Waals surface area contributed by atoms with Gasteiger partial charge in [0.05, 0.1) is 16.7 Å². The summed E-state index contributed by atoms with van der Waals surface area (Å²) in [5.74, 6) is 0. The Balaban J connectivity index is 1.23. The molecule has 1 nitrogen and oxygen atoms in total. The van der Waals surface area contributed by atoms with Crippen LogP contribution in [0, 0.1) is 0 Å². The average molecular weight is 708 g/mol. The van der Waals surface area contributed by atoms with Gasteiger partial charge in [0.1, 0.15) is 0 Å². The monoisotopic (exact) mass is 707 g/mol. The maximum Gasteiger partial charge on any atom is 0.0645 e. The molecule has 0 N–H and O–H groups in total. The number of fused-ring (bicyclic) bond motifs is 4. The molecule has 0 aliphatic carbocycles. The molecule has 0 fully saturated rings. The van der Waals surface area contributed by atoms with Crippen molar-refractivity contribution in [1.29, 1.82) is 0 Å². The molecule has 0 amide bonds. The number of hydrogen-bond acceptors (Lipinski definition) is 1. The van der Waals surface area contributed by atoms with Gasteiger partial charge in [0.15, 0.2) is 0 Å². The second-order valence-electron chi connectivity index (χ2n) is 13.5. The second kappa shape index (κ2) is 14.0. The molecule has 0 saturated heterocycles. The van der Waals surface area contributed by atoms with Crippen molar-refractivity contribution in [3.05, 3.63) is 224 Å². The highest BCUT2D eigenvalue weighted by Gasteiger charge is 2.17. The molecule has 55 heavy (non-hydrogen) atoms. The van der Waals surface area contributed by atoms with Gasteiger partial charge in [-0.1, -0.05) is 182 Å².